The van der Waals surface area contributed by atoms with Gasteiger partial charge in [0.1, 0.15) is 12.4 Å². The molecule has 1 amide bonds. The van der Waals surface area contributed by atoms with Gasteiger partial charge >= 0.3 is 0 Å². The van der Waals surface area contributed by atoms with Crippen molar-refractivity contribution in [2.45, 2.75) is 63.1 Å². The topological polar surface area (TPSA) is 36.8 Å². The highest BCUT2D eigenvalue weighted by molar-refractivity contribution is 6.07. The monoisotopic (exact) mass is 469 g/mol. The molecule has 0 atom stereocenters. The lowest BCUT2D eigenvalue weighted by atomic mass is 9.82. The van der Waals surface area contributed by atoms with E-state index in [4.69, 9.17) is 0 Å². The Labute approximate surface area is 202 Å². The van der Waals surface area contributed by atoms with Gasteiger partial charge < -0.3 is 22.6 Å². The van der Waals surface area contributed by atoms with Crippen molar-refractivity contribution < 1.29 is 26.5 Å². The van der Waals surface area contributed by atoms with Crippen molar-refractivity contribution in [3.05, 3.63) is 77.8 Å². The minimum absolute atomic E-state index is 0. The molecule has 2 aromatic rings. The average molecular weight is 470 g/mol. The minimum atomic E-state index is -0.400. The molecule has 0 bridgehead atoms. The number of hydrogen-bond acceptors (Lipinski definition) is 2. The van der Waals surface area contributed by atoms with Crippen LogP contribution in [0.2, 0.25) is 0 Å². The quantitative estimate of drug-likeness (QED) is 0.673. The van der Waals surface area contributed by atoms with E-state index in [9.17, 15) is 9.18 Å². The fourth-order valence-electron chi connectivity index (χ4n) is 5.86. The van der Waals surface area contributed by atoms with Crippen molar-refractivity contribution in [3.8, 4) is 0 Å². The van der Waals surface area contributed by atoms with E-state index in [-0.39, 0.29) is 24.1 Å². The molecule has 2 aliphatic heterocycles. The van der Waals surface area contributed by atoms with Gasteiger partial charge in [0.25, 0.3) is 5.91 Å². The molecule has 6 heteroatoms. The number of amides is 1. The van der Waals surface area contributed by atoms with Crippen LogP contribution in [0, 0.1) is 5.82 Å². The van der Waals surface area contributed by atoms with Crippen molar-refractivity contribution in [3.63, 3.8) is 0 Å². The molecule has 0 unspecified atom stereocenters. The summed E-state index contributed by atoms with van der Waals surface area (Å²) in [5.41, 5.74) is 2.66. The molecule has 2 aromatic carbocycles. The van der Waals surface area contributed by atoms with Crippen LogP contribution in [0.25, 0.3) is 0 Å². The molecule has 33 heavy (non-hydrogen) atoms. The van der Waals surface area contributed by atoms with Crippen molar-refractivity contribution >= 4 is 11.6 Å². The molecule has 2 N–H and O–H groups in total. The maximum absolute atomic E-state index is 14.1. The third kappa shape index (κ3) is 4.95. The zero-order valence-corrected chi connectivity index (χ0v) is 19.8. The Bertz CT molecular complexity index is 982. The summed E-state index contributed by atoms with van der Waals surface area (Å²) in [6, 6.07) is 17.6. The van der Waals surface area contributed by atoms with E-state index in [2.05, 4.69) is 35.6 Å². The number of halogens is 2. The molecule has 2 heterocycles. The highest BCUT2D eigenvalue weighted by Gasteiger charge is 2.51. The second-order valence-electron chi connectivity index (χ2n) is 9.63. The molecule has 1 spiro atoms. The highest BCUT2D eigenvalue weighted by Crippen LogP contribution is 2.41. The van der Waals surface area contributed by atoms with Crippen molar-refractivity contribution in [1.29, 1.82) is 0 Å². The first-order valence-corrected chi connectivity index (χ1v) is 12.1. The van der Waals surface area contributed by atoms with Gasteiger partial charge in [0.05, 0.1) is 18.6 Å². The largest absolute Gasteiger partial charge is 1.00 e. The number of piperidine rings is 1. The molecule has 0 aromatic heterocycles. The summed E-state index contributed by atoms with van der Waals surface area (Å²) in [5.74, 6) is -0.327. The number of nitrogens with one attached hydrogen (secondary N) is 2. The number of benzene rings is 2. The smallest absolute Gasteiger partial charge is 0.253 e. The summed E-state index contributed by atoms with van der Waals surface area (Å²) < 4.78 is 14.1. The average Bonchev–Trinajstić information content (AvgIpc) is 3.07. The number of carbonyl (C=O) groups is 1. The van der Waals surface area contributed by atoms with E-state index in [0.717, 1.165) is 51.0 Å². The summed E-state index contributed by atoms with van der Waals surface area (Å²) in [5, 5.41) is 3.78. The van der Waals surface area contributed by atoms with Crippen LogP contribution in [0.15, 0.2) is 66.4 Å². The lowest BCUT2D eigenvalue weighted by Crippen LogP contribution is -3.12. The van der Waals surface area contributed by atoms with E-state index in [1.165, 1.54) is 41.9 Å². The normalized spacial score (nSPS) is 25.6. The summed E-state index contributed by atoms with van der Waals surface area (Å²) in [7, 11) is 0. The third-order valence-corrected chi connectivity index (χ3v) is 7.53. The van der Waals surface area contributed by atoms with Crippen molar-refractivity contribution in [2.75, 3.05) is 18.0 Å². The Balaban J connectivity index is 0.00000259. The Hall–Kier alpha value is -2.37. The maximum atomic E-state index is 14.1. The van der Waals surface area contributed by atoms with Crippen LogP contribution in [0.4, 0.5) is 10.1 Å². The predicted molar refractivity (Wildman–Crippen MR) is 125 cm³/mol. The highest BCUT2D eigenvalue weighted by atomic mass is 35.5. The molecule has 2 fully saturated rings. The summed E-state index contributed by atoms with van der Waals surface area (Å²) in [6.45, 7) is 2.97. The summed E-state index contributed by atoms with van der Waals surface area (Å²) in [6.07, 6.45) is 9.66. The lowest BCUT2D eigenvalue weighted by molar-refractivity contribution is -0.919. The first kappa shape index (κ1) is 23.8. The number of hydrogen-bond donors (Lipinski definition) is 2. The molecule has 5 rings (SSSR count). The zero-order chi connectivity index (χ0) is 22.0. The van der Waals surface area contributed by atoms with Crippen LogP contribution in [-0.4, -0.2) is 30.6 Å². The van der Waals surface area contributed by atoms with E-state index in [1.54, 1.807) is 12.1 Å². The van der Waals surface area contributed by atoms with Crippen LogP contribution >= 0.6 is 0 Å². The molecule has 3 aliphatic rings. The van der Waals surface area contributed by atoms with E-state index in [1.807, 2.05) is 11.0 Å². The number of likely N-dealkylation sites (tertiary alicyclic amines) is 1. The number of carbonyl (C=O) groups excluding carboxylic acids is 1. The van der Waals surface area contributed by atoms with Crippen molar-refractivity contribution in [1.82, 2.24) is 5.32 Å². The SMILES string of the molecule is O=C1C=C(NC2CCCCC2)C2(CC[NH+](Cc3ccccc3)CC2)N1c1cccc(F)c1.[Cl-]. The van der Waals surface area contributed by atoms with Crippen LogP contribution < -0.4 is 27.5 Å². The lowest BCUT2D eigenvalue weighted by Gasteiger charge is -2.46. The van der Waals surface area contributed by atoms with Crippen LogP contribution in [0.1, 0.15) is 50.5 Å². The first-order valence-electron chi connectivity index (χ1n) is 12.1. The van der Waals surface area contributed by atoms with Gasteiger partial charge in [-0.25, -0.2) is 4.39 Å². The molecule has 176 valence electrons. The minimum Gasteiger partial charge on any atom is -1.00 e. The molecular formula is C27H33ClFN3O. The molecule has 0 radical (unpaired) electrons. The van der Waals surface area contributed by atoms with Crippen LogP contribution in [0.5, 0.6) is 0 Å². The second-order valence-corrected chi connectivity index (χ2v) is 9.63. The Morgan fingerprint density at radius 1 is 1.00 bits per heavy atom. The molecular weight excluding hydrogens is 437 g/mol. The Kier molecular flexibility index (Phi) is 7.40. The number of nitrogens with zero attached hydrogens (tertiary/aromatic N) is 1. The molecule has 4 nitrogen and oxygen atoms in total. The maximum Gasteiger partial charge on any atom is 0.253 e. The standard InChI is InChI=1S/C27H32FN3O.ClH/c28-22-10-7-13-24(18-22)31-26(32)19-25(29-23-11-5-2-6-12-23)27(31)14-16-30(17-15-27)20-21-8-3-1-4-9-21;/h1,3-4,7-10,13,18-19,23,29H,2,5-6,11-12,14-17,20H2;1H. The van der Waals surface area contributed by atoms with Gasteiger partial charge in [-0.05, 0) is 31.0 Å². The van der Waals surface area contributed by atoms with Gasteiger partial charge in [-0.2, -0.15) is 0 Å². The van der Waals surface area contributed by atoms with E-state index in [0.29, 0.717) is 11.7 Å². The fourth-order valence-corrected chi connectivity index (χ4v) is 5.86. The number of quaternary nitrogens is 1. The fraction of sp³-hybridized carbons (Fsp3) is 0.444. The van der Waals surface area contributed by atoms with Gasteiger partial charge in [0, 0.05) is 41.9 Å². The Morgan fingerprint density at radius 2 is 1.73 bits per heavy atom. The van der Waals surface area contributed by atoms with Gasteiger partial charge in [0.15, 0.2) is 0 Å². The zero-order valence-electron chi connectivity index (χ0n) is 19.0. The first-order chi connectivity index (χ1) is 15.6. The summed E-state index contributed by atoms with van der Waals surface area (Å²) in [4.78, 5) is 16.7. The molecule has 1 saturated heterocycles. The third-order valence-electron chi connectivity index (χ3n) is 7.53. The number of anilines is 1. The molecule has 1 saturated carbocycles. The van der Waals surface area contributed by atoms with Gasteiger partial charge in [-0.1, -0.05) is 55.7 Å². The predicted octanol–water partition coefficient (Wildman–Crippen LogP) is 0.600. The van der Waals surface area contributed by atoms with Crippen molar-refractivity contribution in [2.24, 2.45) is 0 Å². The molecule has 1 aliphatic carbocycles. The van der Waals surface area contributed by atoms with Gasteiger partial charge in [-0.3, -0.25) is 9.69 Å². The van der Waals surface area contributed by atoms with Crippen LogP contribution in [0.3, 0.4) is 0 Å². The van der Waals surface area contributed by atoms with Gasteiger partial charge in [-0.15, -0.1) is 0 Å². The number of rotatable bonds is 5. The van der Waals surface area contributed by atoms with Crippen LogP contribution in [-0.2, 0) is 11.3 Å². The van der Waals surface area contributed by atoms with E-state index >= 15 is 0 Å². The Morgan fingerprint density at radius 3 is 2.42 bits per heavy atom. The van der Waals surface area contributed by atoms with E-state index < -0.39 is 5.54 Å². The van der Waals surface area contributed by atoms with Gasteiger partial charge in [0.2, 0.25) is 0 Å². The second kappa shape index (κ2) is 10.3. The summed E-state index contributed by atoms with van der Waals surface area (Å²) >= 11 is 0.